The summed E-state index contributed by atoms with van der Waals surface area (Å²) in [5.41, 5.74) is 0. The molecule has 1 aliphatic carbocycles. The normalized spacial score (nSPS) is 23.5. The van der Waals surface area contributed by atoms with E-state index in [0.29, 0.717) is 6.42 Å². The summed E-state index contributed by atoms with van der Waals surface area (Å²) in [7, 11) is -2.79. The molecule has 0 aromatic heterocycles. The maximum absolute atomic E-state index is 13.7. The number of nitrogens with zero attached hydrogens (tertiary/aromatic N) is 1. The average Bonchev–Trinajstić information content (AvgIpc) is 2.44. The average molecular weight is 319 g/mol. The zero-order valence-electron chi connectivity index (χ0n) is 11.8. The van der Waals surface area contributed by atoms with E-state index in [1.54, 1.807) is 0 Å². The van der Waals surface area contributed by atoms with Gasteiger partial charge < -0.3 is 5.11 Å². The second-order valence-corrected chi connectivity index (χ2v) is 7.46. The second-order valence-electron chi connectivity index (χ2n) is 5.45. The van der Waals surface area contributed by atoms with Crippen molar-refractivity contribution < 1.29 is 22.3 Å². The van der Waals surface area contributed by atoms with Crippen molar-refractivity contribution in [3.63, 3.8) is 0 Å². The van der Waals surface area contributed by atoms with Crippen molar-refractivity contribution in [2.45, 2.75) is 36.7 Å². The summed E-state index contributed by atoms with van der Waals surface area (Å²) in [6.07, 6.45) is 2.68. The van der Waals surface area contributed by atoms with Crippen molar-refractivity contribution in [2.24, 2.45) is 5.92 Å². The van der Waals surface area contributed by atoms with Gasteiger partial charge in [-0.25, -0.2) is 21.5 Å². The molecule has 1 aromatic rings. The first-order valence-electron chi connectivity index (χ1n) is 6.92. The second kappa shape index (κ2) is 6.37. The van der Waals surface area contributed by atoms with Crippen molar-refractivity contribution in [2.75, 3.05) is 13.6 Å². The Bertz CT molecular complexity index is 606. The standard InChI is InChI=1S/C14H19F2NO3S/c1-17(9-10-5-2-3-7-12(10)18)21(19,20)13-8-4-6-11(15)14(13)16/h4,6,8,10,12,18H,2-3,5,7,9H2,1H3. The largest absolute Gasteiger partial charge is 0.393 e. The molecule has 21 heavy (non-hydrogen) atoms. The van der Waals surface area contributed by atoms with E-state index in [1.165, 1.54) is 7.05 Å². The predicted molar refractivity (Wildman–Crippen MR) is 74.1 cm³/mol. The van der Waals surface area contributed by atoms with Crippen LogP contribution in [0.5, 0.6) is 0 Å². The van der Waals surface area contributed by atoms with Gasteiger partial charge in [0.05, 0.1) is 6.10 Å². The van der Waals surface area contributed by atoms with Gasteiger partial charge >= 0.3 is 0 Å². The van der Waals surface area contributed by atoms with Crippen LogP contribution in [0.15, 0.2) is 23.1 Å². The minimum atomic E-state index is -4.11. The number of aliphatic hydroxyl groups excluding tert-OH is 1. The number of benzene rings is 1. The Labute approximate surface area is 123 Å². The van der Waals surface area contributed by atoms with Crippen LogP contribution in [0.1, 0.15) is 25.7 Å². The van der Waals surface area contributed by atoms with E-state index in [9.17, 15) is 22.3 Å². The van der Waals surface area contributed by atoms with Gasteiger partial charge in [0.2, 0.25) is 10.0 Å². The monoisotopic (exact) mass is 319 g/mol. The molecule has 1 fully saturated rings. The number of hydrogen-bond acceptors (Lipinski definition) is 3. The van der Waals surface area contributed by atoms with Gasteiger partial charge in [-0.2, -0.15) is 0 Å². The minimum Gasteiger partial charge on any atom is -0.393 e. The summed E-state index contributed by atoms with van der Waals surface area (Å²) < 4.78 is 52.5. The molecular formula is C14H19F2NO3S. The smallest absolute Gasteiger partial charge is 0.245 e. The van der Waals surface area contributed by atoms with Crippen LogP contribution < -0.4 is 0 Å². The quantitative estimate of drug-likeness (QED) is 0.925. The highest BCUT2D eigenvalue weighted by Gasteiger charge is 2.31. The van der Waals surface area contributed by atoms with Gasteiger partial charge in [-0.05, 0) is 30.9 Å². The summed E-state index contributed by atoms with van der Waals surface area (Å²) in [5.74, 6) is -2.73. The van der Waals surface area contributed by atoms with Crippen molar-refractivity contribution >= 4 is 10.0 Å². The fourth-order valence-corrected chi connectivity index (χ4v) is 3.98. The third-order valence-electron chi connectivity index (χ3n) is 3.96. The van der Waals surface area contributed by atoms with Crippen molar-refractivity contribution in [1.29, 1.82) is 0 Å². The van der Waals surface area contributed by atoms with E-state index >= 15 is 0 Å². The van der Waals surface area contributed by atoms with Crippen LogP contribution >= 0.6 is 0 Å². The summed E-state index contributed by atoms with van der Waals surface area (Å²) in [6.45, 7) is 0.0967. The molecule has 2 unspecified atom stereocenters. The van der Waals surface area contributed by atoms with Crippen LogP contribution in [-0.2, 0) is 10.0 Å². The number of halogens is 2. The van der Waals surface area contributed by atoms with Crippen LogP contribution in [0.2, 0.25) is 0 Å². The van der Waals surface area contributed by atoms with E-state index in [-0.39, 0.29) is 12.5 Å². The van der Waals surface area contributed by atoms with Gasteiger partial charge in [0.25, 0.3) is 0 Å². The maximum Gasteiger partial charge on any atom is 0.245 e. The number of aliphatic hydroxyl groups is 1. The van der Waals surface area contributed by atoms with Crippen LogP contribution in [0.25, 0.3) is 0 Å². The highest BCUT2D eigenvalue weighted by Crippen LogP contribution is 2.27. The molecular weight excluding hydrogens is 300 g/mol. The first-order valence-corrected chi connectivity index (χ1v) is 8.36. The van der Waals surface area contributed by atoms with E-state index in [4.69, 9.17) is 0 Å². The third-order valence-corrected chi connectivity index (χ3v) is 5.81. The number of sulfonamides is 1. The molecule has 0 spiro atoms. The topological polar surface area (TPSA) is 57.6 Å². The van der Waals surface area contributed by atoms with E-state index < -0.39 is 32.7 Å². The highest BCUT2D eigenvalue weighted by atomic mass is 32.2. The van der Waals surface area contributed by atoms with Gasteiger partial charge in [0.15, 0.2) is 11.6 Å². The molecule has 0 bridgehead atoms. The molecule has 0 amide bonds. The van der Waals surface area contributed by atoms with Gasteiger partial charge in [0, 0.05) is 13.6 Å². The Morgan fingerprint density at radius 3 is 2.62 bits per heavy atom. The molecule has 0 aliphatic heterocycles. The molecule has 4 nitrogen and oxygen atoms in total. The Kier molecular flexibility index (Phi) is 4.95. The fraction of sp³-hybridized carbons (Fsp3) is 0.571. The number of hydrogen-bond donors (Lipinski definition) is 1. The Hall–Kier alpha value is -1.05. The highest BCUT2D eigenvalue weighted by molar-refractivity contribution is 7.89. The molecule has 0 heterocycles. The zero-order chi connectivity index (χ0) is 15.6. The lowest BCUT2D eigenvalue weighted by atomic mass is 9.86. The summed E-state index contributed by atoms with van der Waals surface area (Å²) in [6, 6.07) is 3.08. The van der Waals surface area contributed by atoms with Crippen LogP contribution in [0.4, 0.5) is 8.78 Å². The molecule has 1 N–H and O–H groups in total. The first kappa shape index (κ1) is 16.3. The first-order chi connectivity index (χ1) is 9.84. The molecule has 1 aliphatic rings. The molecule has 1 saturated carbocycles. The van der Waals surface area contributed by atoms with Crippen LogP contribution in [-0.4, -0.2) is 37.5 Å². The third kappa shape index (κ3) is 3.41. The minimum absolute atomic E-state index is 0.0967. The lowest BCUT2D eigenvalue weighted by Gasteiger charge is -2.30. The number of rotatable bonds is 4. The van der Waals surface area contributed by atoms with Crippen molar-refractivity contribution in [3.8, 4) is 0 Å². The summed E-state index contributed by atoms with van der Waals surface area (Å²) in [5, 5.41) is 9.90. The SMILES string of the molecule is CN(CC1CCCCC1O)S(=O)(=O)c1cccc(F)c1F. The summed E-state index contributed by atoms with van der Waals surface area (Å²) in [4.78, 5) is -0.671. The van der Waals surface area contributed by atoms with Crippen molar-refractivity contribution in [3.05, 3.63) is 29.8 Å². The van der Waals surface area contributed by atoms with Crippen LogP contribution in [0, 0.1) is 17.6 Å². The molecule has 2 atom stereocenters. The predicted octanol–water partition coefficient (Wildman–Crippen LogP) is 2.14. The van der Waals surface area contributed by atoms with E-state index in [2.05, 4.69) is 0 Å². The van der Waals surface area contributed by atoms with Crippen LogP contribution in [0.3, 0.4) is 0 Å². The van der Waals surface area contributed by atoms with Gasteiger partial charge in [0.1, 0.15) is 4.90 Å². The molecule has 118 valence electrons. The van der Waals surface area contributed by atoms with Gasteiger partial charge in [-0.3, -0.25) is 0 Å². The Balaban J connectivity index is 2.20. The molecule has 0 saturated heterocycles. The molecule has 2 rings (SSSR count). The Morgan fingerprint density at radius 1 is 1.29 bits per heavy atom. The summed E-state index contributed by atoms with van der Waals surface area (Å²) >= 11 is 0. The lowest BCUT2D eigenvalue weighted by Crippen LogP contribution is -2.38. The lowest BCUT2D eigenvalue weighted by molar-refractivity contribution is 0.0620. The molecule has 0 radical (unpaired) electrons. The molecule has 1 aromatic carbocycles. The van der Waals surface area contributed by atoms with Crippen molar-refractivity contribution in [1.82, 2.24) is 4.31 Å². The fourth-order valence-electron chi connectivity index (χ4n) is 2.68. The zero-order valence-corrected chi connectivity index (χ0v) is 12.6. The maximum atomic E-state index is 13.7. The van der Waals surface area contributed by atoms with E-state index in [1.807, 2.05) is 0 Å². The van der Waals surface area contributed by atoms with Gasteiger partial charge in [-0.15, -0.1) is 0 Å². The molecule has 7 heteroatoms. The Morgan fingerprint density at radius 2 is 1.95 bits per heavy atom. The van der Waals surface area contributed by atoms with E-state index in [0.717, 1.165) is 41.8 Å². The van der Waals surface area contributed by atoms with Gasteiger partial charge in [-0.1, -0.05) is 18.9 Å².